The zero-order valence-corrected chi connectivity index (χ0v) is 9.49. The van der Waals surface area contributed by atoms with Crippen LogP contribution < -0.4 is 5.32 Å². The maximum Gasteiger partial charge on any atom is 0.217 e. The van der Waals surface area contributed by atoms with Gasteiger partial charge in [0.05, 0.1) is 12.5 Å². The number of hydrogen-bond acceptors (Lipinski definition) is 3. The summed E-state index contributed by atoms with van der Waals surface area (Å²) in [6.07, 6.45) is 2.58. The number of piperidine rings is 1. The van der Waals surface area contributed by atoms with Gasteiger partial charge in [-0.2, -0.15) is 5.26 Å². The van der Waals surface area contributed by atoms with Crippen molar-refractivity contribution in [2.75, 3.05) is 13.1 Å². The summed E-state index contributed by atoms with van der Waals surface area (Å²) in [5, 5.41) is 11.5. The third kappa shape index (κ3) is 3.88. The van der Waals surface area contributed by atoms with E-state index in [1.807, 2.05) is 0 Å². The average molecular weight is 209 g/mol. The molecular weight excluding hydrogens is 190 g/mol. The first-order chi connectivity index (χ1) is 7.13. The molecule has 4 heteroatoms. The normalized spacial score (nSPS) is 20.6. The first-order valence-corrected chi connectivity index (χ1v) is 5.51. The average Bonchev–Trinajstić information content (AvgIpc) is 2.18. The second kappa shape index (κ2) is 5.72. The number of nitriles is 1. The van der Waals surface area contributed by atoms with Gasteiger partial charge in [-0.25, -0.2) is 0 Å². The third-order valence-corrected chi connectivity index (χ3v) is 2.95. The molecule has 1 atom stereocenters. The van der Waals surface area contributed by atoms with E-state index < -0.39 is 0 Å². The monoisotopic (exact) mass is 209 g/mol. The number of hydrogen-bond donors (Lipinski definition) is 1. The van der Waals surface area contributed by atoms with Crippen LogP contribution in [0, 0.1) is 11.3 Å². The van der Waals surface area contributed by atoms with Gasteiger partial charge < -0.3 is 5.32 Å². The molecule has 1 amide bonds. The Morgan fingerprint density at radius 2 is 2.20 bits per heavy atom. The first-order valence-electron chi connectivity index (χ1n) is 5.51. The Hall–Kier alpha value is -1.08. The summed E-state index contributed by atoms with van der Waals surface area (Å²) in [6.45, 7) is 5.61. The first kappa shape index (κ1) is 12.0. The zero-order valence-electron chi connectivity index (χ0n) is 9.49. The molecule has 0 radical (unpaired) electrons. The molecule has 1 saturated heterocycles. The van der Waals surface area contributed by atoms with Crippen molar-refractivity contribution in [3.8, 4) is 6.07 Å². The Kier molecular flexibility index (Phi) is 4.57. The van der Waals surface area contributed by atoms with E-state index in [0.717, 1.165) is 25.9 Å². The van der Waals surface area contributed by atoms with Gasteiger partial charge in [-0.05, 0) is 19.8 Å². The van der Waals surface area contributed by atoms with E-state index in [-0.39, 0.29) is 5.91 Å². The molecule has 4 nitrogen and oxygen atoms in total. The van der Waals surface area contributed by atoms with Gasteiger partial charge in [-0.15, -0.1) is 0 Å². The Morgan fingerprint density at radius 3 is 2.67 bits per heavy atom. The molecule has 0 aromatic heterocycles. The van der Waals surface area contributed by atoms with Crippen molar-refractivity contribution < 1.29 is 4.79 Å². The maximum absolute atomic E-state index is 10.9. The highest BCUT2D eigenvalue weighted by Gasteiger charge is 2.22. The molecule has 1 unspecified atom stereocenters. The lowest BCUT2D eigenvalue weighted by Gasteiger charge is -2.35. The summed E-state index contributed by atoms with van der Waals surface area (Å²) in [4.78, 5) is 13.2. The molecule has 0 aromatic rings. The molecule has 1 N–H and O–H groups in total. The van der Waals surface area contributed by atoms with Crippen LogP contribution >= 0.6 is 0 Å². The highest BCUT2D eigenvalue weighted by Crippen LogP contribution is 2.14. The van der Waals surface area contributed by atoms with Crippen molar-refractivity contribution in [1.82, 2.24) is 10.2 Å². The summed E-state index contributed by atoms with van der Waals surface area (Å²) in [7, 11) is 0. The topological polar surface area (TPSA) is 56.1 Å². The second-order valence-electron chi connectivity index (χ2n) is 4.22. The standard InChI is InChI=1S/C11H19N3O/c1-9(3-6-12)14-7-4-11(5-8-14)13-10(2)15/h9,11H,3-5,7-8H2,1-2H3,(H,13,15). The number of nitrogens with zero attached hydrogens (tertiary/aromatic N) is 2. The van der Waals surface area contributed by atoms with Crippen LogP contribution in [0.5, 0.6) is 0 Å². The highest BCUT2D eigenvalue weighted by molar-refractivity contribution is 5.73. The molecule has 84 valence electrons. The van der Waals surface area contributed by atoms with Gasteiger partial charge in [0.1, 0.15) is 0 Å². The molecule has 1 rings (SSSR count). The Balaban J connectivity index is 2.29. The number of rotatable bonds is 3. The molecule has 0 bridgehead atoms. The minimum absolute atomic E-state index is 0.0542. The van der Waals surface area contributed by atoms with Crippen molar-refractivity contribution in [3.05, 3.63) is 0 Å². The molecule has 0 spiro atoms. The fourth-order valence-electron chi connectivity index (χ4n) is 2.03. The van der Waals surface area contributed by atoms with Gasteiger partial charge in [0, 0.05) is 32.1 Å². The molecule has 1 heterocycles. The van der Waals surface area contributed by atoms with Crippen molar-refractivity contribution in [1.29, 1.82) is 5.26 Å². The minimum atomic E-state index is 0.0542. The second-order valence-corrected chi connectivity index (χ2v) is 4.22. The van der Waals surface area contributed by atoms with Gasteiger partial charge in [0.2, 0.25) is 5.91 Å². The molecule has 0 saturated carbocycles. The molecule has 1 aliphatic heterocycles. The SMILES string of the molecule is CC(=O)NC1CCN(C(C)CC#N)CC1. The van der Waals surface area contributed by atoms with Gasteiger partial charge in [-0.3, -0.25) is 9.69 Å². The summed E-state index contributed by atoms with van der Waals surface area (Å²) in [5.74, 6) is 0.0542. The largest absolute Gasteiger partial charge is 0.354 e. The molecule has 1 aliphatic rings. The summed E-state index contributed by atoms with van der Waals surface area (Å²) < 4.78 is 0. The van der Waals surface area contributed by atoms with E-state index in [2.05, 4.69) is 23.2 Å². The summed E-state index contributed by atoms with van der Waals surface area (Å²) in [6, 6.07) is 2.86. The number of likely N-dealkylation sites (tertiary alicyclic amines) is 1. The predicted octanol–water partition coefficient (Wildman–Crippen LogP) is 0.889. The smallest absolute Gasteiger partial charge is 0.217 e. The fourth-order valence-corrected chi connectivity index (χ4v) is 2.03. The number of amides is 1. The number of carbonyl (C=O) groups is 1. The third-order valence-electron chi connectivity index (χ3n) is 2.95. The number of carbonyl (C=O) groups excluding carboxylic acids is 1. The molecule has 15 heavy (non-hydrogen) atoms. The molecule has 0 aromatic carbocycles. The van der Waals surface area contributed by atoms with Crippen molar-refractivity contribution >= 4 is 5.91 Å². The van der Waals surface area contributed by atoms with Crippen LogP contribution in [0.15, 0.2) is 0 Å². The Labute approximate surface area is 91.2 Å². The molecular formula is C11H19N3O. The highest BCUT2D eigenvalue weighted by atomic mass is 16.1. The Morgan fingerprint density at radius 1 is 1.60 bits per heavy atom. The van der Waals surface area contributed by atoms with E-state index in [1.54, 1.807) is 6.92 Å². The maximum atomic E-state index is 10.9. The van der Waals surface area contributed by atoms with Crippen LogP contribution in [0.4, 0.5) is 0 Å². The van der Waals surface area contributed by atoms with Crippen molar-refractivity contribution in [2.24, 2.45) is 0 Å². The quantitative estimate of drug-likeness (QED) is 0.751. The molecule has 1 fully saturated rings. The van der Waals surface area contributed by atoms with E-state index >= 15 is 0 Å². The van der Waals surface area contributed by atoms with Gasteiger partial charge in [0.15, 0.2) is 0 Å². The summed E-state index contributed by atoms with van der Waals surface area (Å²) in [5.41, 5.74) is 0. The van der Waals surface area contributed by atoms with E-state index in [0.29, 0.717) is 18.5 Å². The molecule has 0 aliphatic carbocycles. The fraction of sp³-hybridized carbons (Fsp3) is 0.818. The Bertz CT molecular complexity index is 251. The predicted molar refractivity (Wildman–Crippen MR) is 58.1 cm³/mol. The van der Waals surface area contributed by atoms with E-state index in [1.165, 1.54) is 0 Å². The minimum Gasteiger partial charge on any atom is -0.354 e. The van der Waals surface area contributed by atoms with Gasteiger partial charge in [-0.1, -0.05) is 0 Å². The van der Waals surface area contributed by atoms with Crippen LogP contribution in [0.2, 0.25) is 0 Å². The van der Waals surface area contributed by atoms with Crippen LogP contribution in [0.25, 0.3) is 0 Å². The van der Waals surface area contributed by atoms with Crippen LogP contribution in [0.3, 0.4) is 0 Å². The van der Waals surface area contributed by atoms with Gasteiger partial charge >= 0.3 is 0 Å². The van der Waals surface area contributed by atoms with E-state index in [4.69, 9.17) is 5.26 Å². The van der Waals surface area contributed by atoms with E-state index in [9.17, 15) is 4.79 Å². The van der Waals surface area contributed by atoms with Crippen molar-refractivity contribution in [2.45, 2.75) is 45.2 Å². The van der Waals surface area contributed by atoms with Gasteiger partial charge in [0.25, 0.3) is 0 Å². The zero-order chi connectivity index (χ0) is 11.3. The van der Waals surface area contributed by atoms with Crippen LogP contribution in [-0.4, -0.2) is 36.0 Å². The van der Waals surface area contributed by atoms with Crippen molar-refractivity contribution in [3.63, 3.8) is 0 Å². The lowest BCUT2D eigenvalue weighted by Crippen LogP contribution is -2.46. The number of nitrogens with one attached hydrogen (secondary N) is 1. The van der Waals surface area contributed by atoms with Crippen LogP contribution in [0.1, 0.15) is 33.1 Å². The van der Waals surface area contributed by atoms with Crippen LogP contribution in [-0.2, 0) is 4.79 Å². The summed E-state index contributed by atoms with van der Waals surface area (Å²) >= 11 is 0. The lowest BCUT2D eigenvalue weighted by molar-refractivity contribution is -0.120. The lowest BCUT2D eigenvalue weighted by atomic mass is 10.0.